The van der Waals surface area contributed by atoms with Crippen molar-refractivity contribution in [2.45, 2.75) is 73.1 Å². The van der Waals surface area contributed by atoms with Crippen molar-refractivity contribution in [3.8, 4) is 5.75 Å². The Hall–Kier alpha value is -2.62. The topological polar surface area (TPSA) is 50.7 Å². The van der Waals surface area contributed by atoms with Crippen molar-refractivity contribution in [2.75, 3.05) is 6.61 Å². The highest BCUT2D eigenvalue weighted by Crippen LogP contribution is 2.36. The number of nitrogens with one attached hydrogen (secondary N) is 1. The minimum atomic E-state index is -0.282. The van der Waals surface area contributed by atoms with Crippen LogP contribution >= 0.6 is 0 Å². The Morgan fingerprint density at radius 2 is 1.55 bits per heavy atom. The van der Waals surface area contributed by atoms with Crippen LogP contribution < -0.4 is 10.2 Å². The van der Waals surface area contributed by atoms with Gasteiger partial charge in [-0.05, 0) is 58.9 Å². The molecule has 1 N–H and O–H groups in total. The first-order valence-corrected chi connectivity index (χ1v) is 11.0. The maximum Gasteiger partial charge on any atom is 0.277 e. The van der Waals surface area contributed by atoms with Gasteiger partial charge in [0.2, 0.25) is 0 Å². The Balaban J connectivity index is 1.89. The summed E-state index contributed by atoms with van der Waals surface area (Å²) in [5.41, 5.74) is 7.20. The van der Waals surface area contributed by atoms with Crippen LogP contribution in [-0.4, -0.2) is 18.2 Å². The second-order valence-corrected chi connectivity index (χ2v) is 10.4. The average Bonchev–Trinajstić information content (AvgIpc) is 2.69. The van der Waals surface area contributed by atoms with E-state index in [1.165, 1.54) is 11.1 Å². The second-order valence-electron chi connectivity index (χ2n) is 10.4. The summed E-state index contributed by atoms with van der Waals surface area (Å²) in [5, 5.41) is 4.20. The minimum Gasteiger partial charge on any atom is -0.484 e. The monoisotopic (exact) mass is 422 g/mol. The molecule has 0 spiro atoms. The number of rotatable bonds is 8. The zero-order valence-electron chi connectivity index (χ0n) is 20.4. The summed E-state index contributed by atoms with van der Waals surface area (Å²) >= 11 is 0. The Morgan fingerprint density at radius 1 is 0.968 bits per heavy atom. The number of hydrogen-bond donors (Lipinski definition) is 1. The van der Waals surface area contributed by atoms with Gasteiger partial charge in [-0.15, -0.1) is 0 Å². The lowest BCUT2D eigenvalue weighted by Gasteiger charge is -2.33. The Bertz CT molecular complexity index is 886. The van der Waals surface area contributed by atoms with Gasteiger partial charge in [-0.25, -0.2) is 5.43 Å². The maximum absolute atomic E-state index is 12.1. The lowest BCUT2D eigenvalue weighted by Crippen LogP contribution is -2.26. The number of nitrogens with zero attached hydrogens (tertiary/aromatic N) is 1. The number of hydrazone groups is 1. The zero-order valence-corrected chi connectivity index (χ0v) is 20.4. The molecule has 0 saturated heterocycles. The van der Waals surface area contributed by atoms with Crippen molar-refractivity contribution < 1.29 is 9.53 Å². The number of carbonyl (C=O) groups excluding carboxylic acids is 1. The van der Waals surface area contributed by atoms with Crippen LogP contribution in [0.3, 0.4) is 0 Å². The van der Waals surface area contributed by atoms with Crippen LogP contribution in [0.5, 0.6) is 5.75 Å². The molecule has 0 aliphatic carbocycles. The van der Waals surface area contributed by atoms with Gasteiger partial charge >= 0.3 is 0 Å². The van der Waals surface area contributed by atoms with Crippen molar-refractivity contribution in [1.29, 1.82) is 0 Å². The van der Waals surface area contributed by atoms with Gasteiger partial charge in [-0.3, -0.25) is 4.79 Å². The first kappa shape index (κ1) is 24.6. The molecule has 0 bridgehead atoms. The molecule has 0 heterocycles. The van der Waals surface area contributed by atoms with Gasteiger partial charge in [0.05, 0.1) is 5.71 Å². The Morgan fingerprint density at radius 3 is 2.06 bits per heavy atom. The van der Waals surface area contributed by atoms with Crippen LogP contribution in [0.1, 0.15) is 84.4 Å². The third-order valence-corrected chi connectivity index (χ3v) is 5.32. The van der Waals surface area contributed by atoms with E-state index >= 15 is 0 Å². The largest absolute Gasteiger partial charge is 0.484 e. The molecule has 168 valence electrons. The smallest absolute Gasteiger partial charge is 0.277 e. The highest BCUT2D eigenvalue weighted by molar-refractivity contribution is 5.99. The quantitative estimate of drug-likeness (QED) is 0.393. The molecule has 2 rings (SSSR count). The van der Waals surface area contributed by atoms with E-state index in [1.807, 2.05) is 31.2 Å². The van der Waals surface area contributed by atoms with Gasteiger partial charge in [0.1, 0.15) is 5.75 Å². The van der Waals surface area contributed by atoms with Gasteiger partial charge in [-0.1, -0.05) is 84.9 Å². The fourth-order valence-corrected chi connectivity index (χ4v) is 3.93. The van der Waals surface area contributed by atoms with Crippen molar-refractivity contribution in [1.82, 2.24) is 5.43 Å². The lowest BCUT2D eigenvalue weighted by molar-refractivity contribution is -0.123. The van der Waals surface area contributed by atoms with E-state index in [-0.39, 0.29) is 23.3 Å². The number of benzene rings is 2. The Labute approximate surface area is 188 Å². The van der Waals surface area contributed by atoms with Gasteiger partial charge in [0.15, 0.2) is 6.61 Å². The maximum atomic E-state index is 12.1. The summed E-state index contributed by atoms with van der Waals surface area (Å²) in [6.45, 7) is 17.4. The van der Waals surface area contributed by atoms with Crippen LogP contribution in [0.25, 0.3) is 0 Å². The van der Waals surface area contributed by atoms with Crippen LogP contribution in [0, 0.1) is 5.41 Å². The van der Waals surface area contributed by atoms with E-state index in [9.17, 15) is 4.79 Å². The summed E-state index contributed by atoms with van der Waals surface area (Å²) in [7, 11) is 0. The van der Waals surface area contributed by atoms with Crippen LogP contribution in [0.4, 0.5) is 0 Å². The lowest BCUT2D eigenvalue weighted by atomic mass is 9.72. The van der Waals surface area contributed by atoms with Crippen LogP contribution in [0.2, 0.25) is 0 Å². The fourth-order valence-electron chi connectivity index (χ4n) is 3.93. The van der Waals surface area contributed by atoms with E-state index in [1.54, 1.807) is 0 Å². The number of amides is 1. The SMILES string of the molecule is C/C(=N/NC(=O)COc1ccc(C(C)(C)CC(C)(C)C)cc1)c1ccc(C(C)C)cc1. The number of hydrogen-bond acceptors (Lipinski definition) is 3. The molecule has 0 saturated carbocycles. The molecule has 2 aromatic carbocycles. The molecule has 0 aromatic heterocycles. The third kappa shape index (κ3) is 7.86. The summed E-state index contributed by atoms with van der Waals surface area (Å²) in [4.78, 5) is 12.1. The van der Waals surface area contributed by atoms with E-state index < -0.39 is 0 Å². The van der Waals surface area contributed by atoms with Gasteiger partial charge < -0.3 is 4.74 Å². The molecule has 0 fully saturated rings. The van der Waals surface area contributed by atoms with Gasteiger partial charge in [0, 0.05) is 0 Å². The standard InChI is InChI=1S/C27H38N2O2/c1-19(2)21-9-11-22(12-10-21)20(3)28-29-25(30)17-31-24-15-13-23(14-16-24)27(7,8)18-26(4,5)6/h9-16,19H,17-18H2,1-8H3,(H,29,30)/b28-20-. The van der Waals surface area contributed by atoms with E-state index in [0.29, 0.717) is 11.7 Å². The highest BCUT2D eigenvalue weighted by Gasteiger charge is 2.27. The average molecular weight is 423 g/mol. The van der Waals surface area contributed by atoms with Crippen LogP contribution in [-0.2, 0) is 10.2 Å². The van der Waals surface area contributed by atoms with E-state index in [2.05, 4.69) is 83.3 Å². The molecule has 2 aromatic rings. The number of carbonyl (C=O) groups is 1. The summed E-state index contributed by atoms with van der Waals surface area (Å²) in [6.07, 6.45) is 1.08. The molecular weight excluding hydrogens is 384 g/mol. The predicted octanol–water partition coefficient (Wildman–Crippen LogP) is 6.44. The molecule has 0 atom stereocenters. The van der Waals surface area contributed by atoms with Crippen molar-refractivity contribution in [3.05, 3.63) is 65.2 Å². The normalized spacial score (nSPS) is 12.7. The second kappa shape index (κ2) is 10.1. The molecule has 4 nitrogen and oxygen atoms in total. The zero-order chi connectivity index (χ0) is 23.2. The molecule has 31 heavy (non-hydrogen) atoms. The van der Waals surface area contributed by atoms with E-state index in [0.717, 1.165) is 17.7 Å². The first-order chi connectivity index (χ1) is 14.4. The summed E-state index contributed by atoms with van der Waals surface area (Å²) < 4.78 is 5.64. The molecule has 0 aliphatic heterocycles. The summed E-state index contributed by atoms with van der Waals surface area (Å²) in [6, 6.07) is 16.3. The third-order valence-electron chi connectivity index (χ3n) is 5.32. The van der Waals surface area contributed by atoms with Crippen LogP contribution in [0.15, 0.2) is 53.6 Å². The Kier molecular flexibility index (Phi) is 8.05. The minimum absolute atomic E-state index is 0.0756. The van der Waals surface area contributed by atoms with E-state index in [4.69, 9.17) is 4.74 Å². The molecule has 1 amide bonds. The molecule has 0 aliphatic rings. The molecular formula is C27H38N2O2. The predicted molar refractivity (Wildman–Crippen MR) is 130 cm³/mol. The fraction of sp³-hybridized carbons (Fsp3) is 0.481. The van der Waals surface area contributed by atoms with Crippen molar-refractivity contribution >= 4 is 11.6 Å². The first-order valence-electron chi connectivity index (χ1n) is 11.0. The van der Waals surface area contributed by atoms with Gasteiger partial charge in [-0.2, -0.15) is 5.10 Å². The summed E-state index contributed by atoms with van der Waals surface area (Å²) in [5.74, 6) is 0.882. The van der Waals surface area contributed by atoms with Gasteiger partial charge in [0.25, 0.3) is 5.91 Å². The highest BCUT2D eigenvalue weighted by atomic mass is 16.5. The molecule has 0 unspecified atom stereocenters. The van der Waals surface area contributed by atoms with Crippen molar-refractivity contribution in [3.63, 3.8) is 0 Å². The number of ether oxygens (including phenoxy) is 1. The molecule has 4 heteroatoms. The van der Waals surface area contributed by atoms with Crippen molar-refractivity contribution in [2.24, 2.45) is 10.5 Å². The molecule has 0 radical (unpaired) electrons.